The Morgan fingerprint density at radius 1 is 1.12 bits per heavy atom. The van der Waals surface area contributed by atoms with Gasteiger partial charge in [-0.05, 0) is 56.6 Å². The molecule has 0 unspecified atom stereocenters. The second kappa shape index (κ2) is 7.62. The summed E-state index contributed by atoms with van der Waals surface area (Å²) >= 11 is 0. The maximum atomic E-state index is 12.7. The largest absolute Gasteiger partial charge is 0.352 e. The lowest BCUT2D eigenvalue weighted by atomic mass is 9.91. The standard InChI is InChI=1S/C21H28N4O/c1-15-13-22-25(14-15)18-9-7-17(8-10-18)23-21(26)20-12-11-19(24-20)16-5-3-2-4-6-16/h2-6,13-14,17-20,24H,7-12H2,1H3,(H,23,26)/t17?,18?,19-,20-/m1/s1. The number of nitrogens with zero attached hydrogens (tertiary/aromatic N) is 2. The molecule has 1 saturated carbocycles. The molecule has 1 saturated heterocycles. The van der Waals surface area contributed by atoms with Gasteiger partial charge in [0.1, 0.15) is 0 Å². The Kier molecular flexibility index (Phi) is 5.07. The first-order chi connectivity index (χ1) is 12.7. The van der Waals surface area contributed by atoms with Gasteiger partial charge in [0.25, 0.3) is 0 Å². The molecular formula is C21H28N4O. The van der Waals surface area contributed by atoms with Crippen molar-refractivity contribution in [1.29, 1.82) is 0 Å². The van der Waals surface area contributed by atoms with Crippen LogP contribution < -0.4 is 10.6 Å². The third-order valence-electron chi connectivity index (χ3n) is 5.81. The van der Waals surface area contributed by atoms with Gasteiger partial charge < -0.3 is 5.32 Å². The Bertz CT molecular complexity index is 733. The van der Waals surface area contributed by atoms with Crippen LogP contribution in [0.5, 0.6) is 0 Å². The van der Waals surface area contributed by atoms with Crippen LogP contribution in [0.3, 0.4) is 0 Å². The molecule has 0 radical (unpaired) electrons. The van der Waals surface area contributed by atoms with Crippen LogP contribution in [0.2, 0.25) is 0 Å². The van der Waals surface area contributed by atoms with Gasteiger partial charge in [-0.15, -0.1) is 0 Å². The van der Waals surface area contributed by atoms with Crippen molar-refractivity contribution < 1.29 is 4.79 Å². The average molecular weight is 352 g/mol. The third-order valence-corrected chi connectivity index (χ3v) is 5.81. The minimum absolute atomic E-state index is 0.0632. The fraction of sp³-hybridized carbons (Fsp3) is 0.524. The van der Waals surface area contributed by atoms with E-state index in [1.165, 1.54) is 11.1 Å². The van der Waals surface area contributed by atoms with Crippen molar-refractivity contribution in [2.75, 3.05) is 0 Å². The van der Waals surface area contributed by atoms with Crippen molar-refractivity contribution in [3.8, 4) is 0 Å². The summed E-state index contributed by atoms with van der Waals surface area (Å²) in [4.78, 5) is 12.7. The molecule has 1 aliphatic heterocycles. The van der Waals surface area contributed by atoms with Crippen LogP contribution in [0.1, 0.15) is 61.7 Å². The van der Waals surface area contributed by atoms with Crippen LogP contribution >= 0.6 is 0 Å². The lowest BCUT2D eigenvalue weighted by molar-refractivity contribution is -0.123. The molecule has 2 aliphatic rings. The number of benzene rings is 1. The van der Waals surface area contributed by atoms with Crippen LogP contribution in [0.4, 0.5) is 0 Å². The monoisotopic (exact) mass is 352 g/mol. The lowest BCUT2D eigenvalue weighted by Gasteiger charge is -2.30. The molecule has 2 fully saturated rings. The highest BCUT2D eigenvalue weighted by Gasteiger charge is 2.32. The van der Waals surface area contributed by atoms with E-state index in [0.29, 0.717) is 18.1 Å². The fourth-order valence-electron chi connectivity index (χ4n) is 4.32. The summed E-state index contributed by atoms with van der Waals surface area (Å²) in [5.74, 6) is 0.168. The Balaban J connectivity index is 1.26. The van der Waals surface area contributed by atoms with Crippen LogP contribution in [-0.4, -0.2) is 27.8 Å². The molecule has 2 heterocycles. The van der Waals surface area contributed by atoms with Gasteiger partial charge in [-0.25, -0.2) is 0 Å². The van der Waals surface area contributed by atoms with Gasteiger partial charge >= 0.3 is 0 Å². The van der Waals surface area contributed by atoms with Crippen LogP contribution in [0.25, 0.3) is 0 Å². The maximum Gasteiger partial charge on any atom is 0.237 e. The second-order valence-electron chi connectivity index (χ2n) is 7.77. The Hall–Kier alpha value is -2.14. The zero-order chi connectivity index (χ0) is 17.9. The molecule has 0 spiro atoms. The number of hydrogen-bond acceptors (Lipinski definition) is 3. The van der Waals surface area contributed by atoms with Crippen LogP contribution in [-0.2, 0) is 4.79 Å². The molecule has 2 atom stereocenters. The van der Waals surface area contributed by atoms with Crippen LogP contribution in [0.15, 0.2) is 42.7 Å². The first-order valence-electron chi connectivity index (χ1n) is 9.81. The molecule has 2 N–H and O–H groups in total. The average Bonchev–Trinajstić information content (AvgIpc) is 3.32. The van der Waals surface area contributed by atoms with Crippen molar-refractivity contribution in [2.24, 2.45) is 0 Å². The Labute approximate surface area is 155 Å². The predicted molar refractivity (Wildman–Crippen MR) is 102 cm³/mol. The van der Waals surface area contributed by atoms with Crippen molar-refractivity contribution in [1.82, 2.24) is 20.4 Å². The highest BCUT2D eigenvalue weighted by atomic mass is 16.2. The number of nitrogens with one attached hydrogen (secondary N) is 2. The van der Waals surface area contributed by atoms with Crippen molar-refractivity contribution in [3.05, 3.63) is 53.9 Å². The molecule has 1 aromatic heterocycles. The minimum atomic E-state index is -0.0632. The normalized spacial score (nSPS) is 28.8. The fourth-order valence-corrected chi connectivity index (χ4v) is 4.32. The van der Waals surface area contributed by atoms with E-state index in [0.717, 1.165) is 38.5 Å². The number of amides is 1. The summed E-state index contributed by atoms with van der Waals surface area (Å²) in [5.41, 5.74) is 2.48. The van der Waals surface area contributed by atoms with E-state index in [2.05, 4.69) is 57.8 Å². The van der Waals surface area contributed by atoms with E-state index in [1.807, 2.05) is 12.3 Å². The van der Waals surface area contributed by atoms with Gasteiger partial charge in [-0.3, -0.25) is 14.8 Å². The third kappa shape index (κ3) is 3.83. The molecular weight excluding hydrogens is 324 g/mol. The first-order valence-corrected chi connectivity index (χ1v) is 9.81. The molecule has 4 rings (SSSR count). The molecule has 5 nitrogen and oxygen atoms in total. The summed E-state index contributed by atoms with van der Waals surface area (Å²) < 4.78 is 2.09. The number of aromatic nitrogens is 2. The zero-order valence-corrected chi connectivity index (χ0v) is 15.4. The zero-order valence-electron chi connectivity index (χ0n) is 15.4. The lowest BCUT2D eigenvalue weighted by Crippen LogP contribution is -2.46. The molecule has 1 aromatic carbocycles. The topological polar surface area (TPSA) is 59.0 Å². The smallest absolute Gasteiger partial charge is 0.237 e. The van der Waals surface area contributed by atoms with E-state index in [1.54, 1.807) is 0 Å². The molecule has 138 valence electrons. The molecule has 2 aromatic rings. The van der Waals surface area contributed by atoms with Gasteiger partial charge in [0, 0.05) is 18.3 Å². The quantitative estimate of drug-likeness (QED) is 0.888. The SMILES string of the molecule is Cc1cnn(C2CCC(NC(=O)[C@H]3CC[C@H](c4ccccc4)N3)CC2)c1. The highest BCUT2D eigenvalue weighted by Crippen LogP contribution is 2.29. The van der Waals surface area contributed by atoms with Gasteiger partial charge in [-0.2, -0.15) is 5.10 Å². The summed E-state index contributed by atoms with van der Waals surface area (Å²) in [6.45, 7) is 2.08. The Morgan fingerprint density at radius 2 is 1.88 bits per heavy atom. The molecule has 26 heavy (non-hydrogen) atoms. The summed E-state index contributed by atoms with van der Waals surface area (Å²) in [6.07, 6.45) is 10.2. The van der Waals surface area contributed by atoms with E-state index >= 15 is 0 Å². The number of aryl methyl sites for hydroxylation is 1. The molecule has 5 heteroatoms. The second-order valence-corrected chi connectivity index (χ2v) is 7.77. The summed E-state index contributed by atoms with van der Waals surface area (Å²) in [6, 6.07) is 11.4. The van der Waals surface area contributed by atoms with Crippen LogP contribution in [0, 0.1) is 6.92 Å². The predicted octanol–water partition coefficient (Wildman–Crippen LogP) is 3.28. The van der Waals surface area contributed by atoms with E-state index in [-0.39, 0.29) is 11.9 Å². The van der Waals surface area contributed by atoms with Gasteiger partial charge in [-0.1, -0.05) is 30.3 Å². The van der Waals surface area contributed by atoms with Gasteiger partial charge in [0.2, 0.25) is 5.91 Å². The van der Waals surface area contributed by atoms with Crippen molar-refractivity contribution >= 4 is 5.91 Å². The summed E-state index contributed by atoms with van der Waals surface area (Å²) in [7, 11) is 0. The minimum Gasteiger partial charge on any atom is -0.352 e. The first kappa shape index (κ1) is 17.3. The van der Waals surface area contributed by atoms with E-state index in [4.69, 9.17) is 0 Å². The number of carbonyl (C=O) groups excluding carboxylic acids is 1. The molecule has 0 bridgehead atoms. The van der Waals surface area contributed by atoms with E-state index in [9.17, 15) is 4.79 Å². The number of carbonyl (C=O) groups is 1. The van der Waals surface area contributed by atoms with Gasteiger partial charge in [0.15, 0.2) is 0 Å². The van der Waals surface area contributed by atoms with Crippen molar-refractivity contribution in [2.45, 2.75) is 69.6 Å². The molecule has 1 aliphatic carbocycles. The van der Waals surface area contributed by atoms with Gasteiger partial charge in [0.05, 0.1) is 18.3 Å². The van der Waals surface area contributed by atoms with Crippen molar-refractivity contribution in [3.63, 3.8) is 0 Å². The highest BCUT2D eigenvalue weighted by molar-refractivity contribution is 5.82. The number of rotatable bonds is 4. The summed E-state index contributed by atoms with van der Waals surface area (Å²) in [5, 5.41) is 11.2. The van der Waals surface area contributed by atoms with E-state index < -0.39 is 0 Å². The molecule has 1 amide bonds. The Morgan fingerprint density at radius 3 is 2.58 bits per heavy atom. The maximum absolute atomic E-state index is 12.7. The number of hydrogen-bond donors (Lipinski definition) is 2.